The van der Waals surface area contributed by atoms with Crippen molar-refractivity contribution in [3.05, 3.63) is 193 Å². The third-order valence-corrected chi connectivity index (χ3v) is 16.6. The average molecular weight is 656 g/mol. The SMILES string of the molecule is O=C1c2ccccc2P(=O)(c2ccc(N3c4ccccc4S(c4ccccc4)(c4ccccc4)c4ccccc43)cc2)c2ccccc21. The maximum Gasteiger partial charge on any atom is 0.194 e. The molecule has 5 heteroatoms. The van der Waals surface area contributed by atoms with Crippen molar-refractivity contribution in [2.75, 3.05) is 4.90 Å². The summed E-state index contributed by atoms with van der Waals surface area (Å²) in [6.07, 6.45) is 0. The number of fused-ring (bicyclic) bond motifs is 4. The molecule has 2 aliphatic heterocycles. The molecule has 2 heterocycles. The van der Waals surface area contributed by atoms with Gasteiger partial charge in [0, 0.05) is 52.3 Å². The highest BCUT2D eigenvalue weighted by molar-refractivity contribution is 8.34. The summed E-state index contributed by atoms with van der Waals surface area (Å²) in [5.74, 6) is -0.0753. The van der Waals surface area contributed by atoms with Gasteiger partial charge in [-0.2, -0.15) is 0 Å². The molecule has 7 aromatic rings. The molecule has 0 radical (unpaired) electrons. The van der Waals surface area contributed by atoms with Gasteiger partial charge in [-0.05, 0) is 72.8 Å². The molecule has 0 atom stereocenters. The lowest BCUT2D eigenvalue weighted by Gasteiger charge is -2.49. The largest absolute Gasteiger partial charge is 0.309 e. The maximum atomic E-state index is 15.3. The van der Waals surface area contributed by atoms with Crippen LogP contribution in [0.15, 0.2) is 202 Å². The number of hydrogen-bond acceptors (Lipinski definition) is 3. The van der Waals surface area contributed by atoms with Gasteiger partial charge in [-0.3, -0.25) is 4.79 Å². The van der Waals surface area contributed by atoms with Gasteiger partial charge in [0.2, 0.25) is 0 Å². The van der Waals surface area contributed by atoms with Crippen LogP contribution in [0.3, 0.4) is 0 Å². The van der Waals surface area contributed by atoms with Crippen molar-refractivity contribution in [1.29, 1.82) is 0 Å². The molecule has 0 unspecified atom stereocenters. The zero-order valence-corrected chi connectivity index (χ0v) is 27.7. The van der Waals surface area contributed by atoms with Gasteiger partial charge in [-0.25, -0.2) is 0 Å². The van der Waals surface area contributed by atoms with Gasteiger partial charge in [0.1, 0.15) is 0 Å². The summed E-state index contributed by atoms with van der Waals surface area (Å²) in [5, 5.41) is 1.93. The lowest BCUT2D eigenvalue weighted by atomic mass is 10.0. The number of benzene rings is 7. The van der Waals surface area contributed by atoms with Crippen LogP contribution >= 0.6 is 17.2 Å². The smallest absolute Gasteiger partial charge is 0.194 e. The summed E-state index contributed by atoms with van der Waals surface area (Å²) in [6, 6.07) is 62.2. The monoisotopic (exact) mass is 655 g/mol. The van der Waals surface area contributed by atoms with Gasteiger partial charge in [-0.1, -0.05) is 109 Å². The van der Waals surface area contributed by atoms with E-state index in [9.17, 15) is 4.79 Å². The van der Waals surface area contributed by atoms with Gasteiger partial charge in [0.05, 0.1) is 11.4 Å². The Bertz CT molecular complexity index is 2260. The van der Waals surface area contributed by atoms with Crippen LogP contribution in [-0.2, 0) is 4.57 Å². The Hall–Kier alpha value is -5.41. The first kappa shape index (κ1) is 28.8. The lowest BCUT2D eigenvalue weighted by Crippen LogP contribution is -2.36. The Balaban J connectivity index is 1.25. The number of anilines is 3. The Morgan fingerprint density at radius 2 is 0.854 bits per heavy atom. The third kappa shape index (κ3) is 3.97. The number of para-hydroxylation sites is 2. The summed E-state index contributed by atoms with van der Waals surface area (Å²) in [4.78, 5) is 20.9. The highest BCUT2D eigenvalue weighted by Gasteiger charge is 2.43. The standard InChI is InChI=1S/C43H30NO2PS/c45-43-35-19-7-11-23-39(35)47(46,40-24-12-8-20-36(40)43)32-29-27-31(28-30-32)44-37-21-9-13-25-41(37)48(33-15-3-1-4-16-33,34-17-5-2-6-18-34)42-26-14-10-22-38(42)44/h1-30H. The maximum absolute atomic E-state index is 15.3. The molecule has 7 aromatic carbocycles. The molecule has 48 heavy (non-hydrogen) atoms. The van der Waals surface area contributed by atoms with Gasteiger partial charge < -0.3 is 9.46 Å². The predicted octanol–water partition coefficient (Wildman–Crippen LogP) is 9.99. The fourth-order valence-corrected chi connectivity index (χ4v) is 14.6. The number of carbonyl (C=O) groups excluding carboxylic acids is 1. The minimum absolute atomic E-state index is 0.0753. The van der Waals surface area contributed by atoms with Crippen LogP contribution in [0.25, 0.3) is 0 Å². The van der Waals surface area contributed by atoms with Crippen LogP contribution < -0.4 is 20.8 Å². The fraction of sp³-hybridized carbons (Fsp3) is 0. The molecule has 230 valence electrons. The molecule has 3 nitrogen and oxygen atoms in total. The van der Waals surface area contributed by atoms with Crippen molar-refractivity contribution in [3.63, 3.8) is 0 Å². The van der Waals surface area contributed by atoms with Crippen molar-refractivity contribution < 1.29 is 9.36 Å². The predicted molar refractivity (Wildman–Crippen MR) is 197 cm³/mol. The summed E-state index contributed by atoms with van der Waals surface area (Å²) < 4.78 is 15.3. The van der Waals surface area contributed by atoms with Gasteiger partial charge in [0.15, 0.2) is 12.9 Å². The molecular weight excluding hydrogens is 626 g/mol. The van der Waals surface area contributed by atoms with Crippen LogP contribution in [0, 0.1) is 0 Å². The number of hydrogen-bond donors (Lipinski definition) is 0. The Morgan fingerprint density at radius 3 is 1.35 bits per heavy atom. The van der Waals surface area contributed by atoms with Gasteiger partial charge in [0.25, 0.3) is 0 Å². The zero-order valence-electron chi connectivity index (χ0n) is 25.9. The van der Waals surface area contributed by atoms with E-state index in [1.54, 1.807) is 12.1 Å². The summed E-state index contributed by atoms with van der Waals surface area (Å²) in [6.45, 7) is 0. The van der Waals surface area contributed by atoms with Crippen LogP contribution in [0.1, 0.15) is 15.9 Å². The molecule has 2 aliphatic rings. The molecule has 0 saturated heterocycles. The van der Waals surface area contributed by atoms with E-state index in [-0.39, 0.29) is 5.78 Å². The van der Waals surface area contributed by atoms with E-state index < -0.39 is 17.2 Å². The van der Waals surface area contributed by atoms with Crippen LogP contribution in [-0.4, -0.2) is 5.78 Å². The quantitative estimate of drug-likeness (QED) is 0.177. The van der Waals surface area contributed by atoms with E-state index in [2.05, 4.69) is 126 Å². The normalized spacial score (nSPS) is 15.8. The number of nitrogens with zero attached hydrogens (tertiary/aromatic N) is 1. The topological polar surface area (TPSA) is 37.4 Å². The first-order valence-electron chi connectivity index (χ1n) is 16.0. The van der Waals surface area contributed by atoms with E-state index in [0.717, 1.165) is 17.1 Å². The van der Waals surface area contributed by atoms with Crippen LogP contribution in [0.2, 0.25) is 0 Å². The first-order chi connectivity index (χ1) is 23.6. The Labute approximate surface area is 281 Å². The molecule has 0 amide bonds. The summed E-state index contributed by atoms with van der Waals surface area (Å²) >= 11 is 0. The number of rotatable bonds is 4. The molecule has 0 aromatic heterocycles. The summed E-state index contributed by atoms with van der Waals surface area (Å²) in [7, 11) is -5.15. The van der Waals surface area contributed by atoms with E-state index in [4.69, 9.17) is 0 Å². The minimum Gasteiger partial charge on any atom is -0.309 e. The third-order valence-electron chi connectivity index (χ3n) is 9.51. The van der Waals surface area contributed by atoms with Crippen LogP contribution in [0.4, 0.5) is 17.1 Å². The molecule has 0 bridgehead atoms. The van der Waals surface area contributed by atoms with Gasteiger partial charge >= 0.3 is 0 Å². The first-order valence-corrected chi connectivity index (χ1v) is 19.3. The number of carbonyl (C=O) groups is 1. The van der Waals surface area contributed by atoms with Crippen molar-refractivity contribution in [2.45, 2.75) is 19.6 Å². The average Bonchev–Trinajstić information content (AvgIpc) is 3.17. The second-order valence-corrected chi connectivity index (χ2v) is 17.7. The Kier molecular flexibility index (Phi) is 6.65. The molecule has 0 fully saturated rings. The highest BCUT2D eigenvalue weighted by atomic mass is 32.3. The van der Waals surface area contributed by atoms with Crippen molar-refractivity contribution in [2.24, 2.45) is 0 Å². The second kappa shape index (κ2) is 11.1. The van der Waals surface area contributed by atoms with E-state index in [1.165, 1.54) is 19.6 Å². The lowest BCUT2D eigenvalue weighted by molar-refractivity contribution is 0.104. The van der Waals surface area contributed by atoms with Crippen molar-refractivity contribution >= 4 is 55.9 Å². The van der Waals surface area contributed by atoms with Crippen molar-refractivity contribution in [3.8, 4) is 0 Å². The molecule has 0 saturated carbocycles. The summed E-state index contributed by atoms with van der Waals surface area (Å²) in [5.41, 5.74) is 4.26. The molecule has 0 spiro atoms. The van der Waals surface area contributed by atoms with E-state index >= 15 is 4.57 Å². The Morgan fingerprint density at radius 1 is 0.438 bits per heavy atom. The molecular formula is C43H30NO2PS. The fourth-order valence-electron chi connectivity index (χ4n) is 7.47. The second-order valence-electron chi connectivity index (χ2n) is 12.0. The highest BCUT2D eigenvalue weighted by Crippen LogP contribution is 2.79. The van der Waals surface area contributed by atoms with Gasteiger partial charge in [-0.15, -0.1) is 10.0 Å². The molecule has 9 rings (SSSR count). The minimum atomic E-state index is -3.31. The van der Waals surface area contributed by atoms with Crippen LogP contribution in [0.5, 0.6) is 0 Å². The molecule has 0 N–H and O–H groups in total. The van der Waals surface area contributed by atoms with E-state index in [0.29, 0.717) is 27.0 Å². The van der Waals surface area contributed by atoms with Crippen molar-refractivity contribution in [1.82, 2.24) is 0 Å². The number of ketones is 1. The van der Waals surface area contributed by atoms with E-state index in [1.807, 2.05) is 48.5 Å². The zero-order chi connectivity index (χ0) is 32.3. The molecule has 0 aliphatic carbocycles.